The van der Waals surface area contributed by atoms with E-state index in [1.807, 2.05) is 6.92 Å². The van der Waals surface area contributed by atoms with Crippen LogP contribution in [0.1, 0.15) is 13.3 Å². The lowest BCUT2D eigenvalue weighted by molar-refractivity contribution is 0.151. The summed E-state index contributed by atoms with van der Waals surface area (Å²) in [5, 5.41) is 0. The summed E-state index contributed by atoms with van der Waals surface area (Å²) < 4.78 is 25.6. The molecule has 24 heavy (non-hydrogen) atoms. The lowest BCUT2D eigenvalue weighted by atomic mass is 10.4. The number of hydrogen-bond acceptors (Lipinski definition) is 4. The minimum Gasteiger partial charge on any atom is -0.417 e. The Morgan fingerprint density at radius 3 is 1.42 bits per heavy atom. The summed E-state index contributed by atoms with van der Waals surface area (Å²) in [6.07, 6.45) is 0.902. The summed E-state index contributed by atoms with van der Waals surface area (Å²) >= 11 is 0. The van der Waals surface area contributed by atoms with Gasteiger partial charge in [-0.25, -0.2) is 0 Å². The largest absolute Gasteiger partial charge is 0.469 e. The molecule has 144 valence electrons. The van der Waals surface area contributed by atoms with E-state index in [4.69, 9.17) is 17.1 Å². The fourth-order valence-electron chi connectivity index (χ4n) is 2.25. The van der Waals surface area contributed by atoms with Crippen molar-refractivity contribution in [2.45, 2.75) is 78.3 Å². The van der Waals surface area contributed by atoms with E-state index < -0.39 is 33.8 Å². The van der Waals surface area contributed by atoms with Gasteiger partial charge in [0.05, 0.1) is 6.61 Å². The minimum atomic E-state index is -2.70. The van der Waals surface area contributed by atoms with Crippen LogP contribution in [0.15, 0.2) is 12.2 Å². The van der Waals surface area contributed by atoms with Gasteiger partial charge in [0, 0.05) is 12.7 Å². The van der Waals surface area contributed by atoms with Crippen molar-refractivity contribution in [1.29, 1.82) is 0 Å². The van der Waals surface area contributed by atoms with Crippen molar-refractivity contribution in [3.63, 3.8) is 0 Å². The Morgan fingerprint density at radius 1 is 0.750 bits per heavy atom. The summed E-state index contributed by atoms with van der Waals surface area (Å²) in [4.78, 5) is 0. The van der Waals surface area contributed by atoms with E-state index in [1.165, 1.54) is 0 Å². The maximum atomic E-state index is 6.63. The maximum absolute atomic E-state index is 6.63. The molecule has 0 heterocycles. The van der Waals surface area contributed by atoms with Crippen LogP contribution in [0.5, 0.6) is 0 Å². The summed E-state index contributed by atoms with van der Waals surface area (Å²) in [5.74, 6) is 0. The minimum absolute atomic E-state index is 0.618. The number of hydrogen-bond donors (Lipinski definition) is 0. The lowest BCUT2D eigenvalue weighted by Crippen LogP contribution is -2.60. The molecule has 0 rings (SSSR count). The molecule has 0 aliphatic rings. The van der Waals surface area contributed by atoms with Crippen LogP contribution in [-0.4, -0.2) is 47.0 Å². The fourth-order valence-corrected chi connectivity index (χ4v) is 16.9. The molecule has 0 amide bonds. The molecule has 0 aromatic heterocycles. The fraction of sp³-hybridized carbons (Fsp3) is 0.875. The van der Waals surface area contributed by atoms with Crippen LogP contribution in [0.2, 0.25) is 65.0 Å². The average Bonchev–Trinajstić information content (AvgIpc) is 2.19. The zero-order valence-electron chi connectivity index (χ0n) is 17.7. The number of rotatable bonds is 12. The van der Waals surface area contributed by atoms with E-state index in [0.29, 0.717) is 13.2 Å². The van der Waals surface area contributed by atoms with Crippen molar-refractivity contribution in [1.82, 2.24) is 0 Å². The predicted octanol–water partition coefficient (Wildman–Crippen LogP) is 5.46. The second-order valence-corrected chi connectivity index (χ2v) is 26.4. The Bertz CT molecular complexity index is 354. The van der Waals surface area contributed by atoms with Crippen molar-refractivity contribution in [3.05, 3.63) is 12.2 Å². The Labute approximate surface area is 154 Å². The first-order valence-corrected chi connectivity index (χ1v) is 21.0. The molecule has 0 radical (unpaired) electrons. The molecule has 0 aliphatic heterocycles. The second-order valence-electron chi connectivity index (χ2n) is 9.44. The van der Waals surface area contributed by atoms with Crippen molar-refractivity contribution < 1.29 is 17.1 Å². The molecular formula is C16H40O4Si4. The second kappa shape index (κ2) is 9.40. The van der Waals surface area contributed by atoms with Crippen LogP contribution in [0.4, 0.5) is 0 Å². The van der Waals surface area contributed by atoms with Gasteiger partial charge in [-0.3, -0.25) is 0 Å². The highest BCUT2D eigenvalue weighted by Gasteiger charge is 2.49. The zero-order valence-corrected chi connectivity index (χ0v) is 21.7. The first-order chi connectivity index (χ1) is 10.5. The van der Waals surface area contributed by atoms with E-state index in [2.05, 4.69) is 65.5 Å². The molecule has 0 aliphatic carbocycles. The number of ether oxygens (including phenoxy) is 1. The zero-order chi connectivity index (χ0) is 19.2. The van der Waals surface area contributed by atoms with Crippen molar-refractivity contribution >= 4 is 33.8 Å². The highest BCUT2D eigenvalue weighted by molar-refractivity contribution is 6.90. The molecule has 0 unspecified atom stereocenters. The standard InChI is InChI=1S/C16H40O4Si4/c1-16(2)15-17-13-12-14-24(18-21(3,4)5,19-22(6,7)8)20-23(9,10)11/h1,12-15H2,2-11H3. The van der Waals surface area contributed by atoms with E-state index in [-0.39, 0.29) is 0 Å². The van der Waals surface area contributed by atoms with Gasteiger partial charge in [0.15, 0.2) is 25.0 Å². The van der Waals surface area contributed by atoms with Gasteiger partial charge in [-0.05, 0) is 72.3 Å². The molecule has 0 aromatic carbocycles. The Kier molecular flexibility index (Phi) is 9.58. The summed E-state index contributed by atoms with van der Waals surface area (Å²) in [6.45, 7) is 27.1. The monoisotopic (exact) mass is 408 g/mol. The van der Waals surface area contributed by atoms with E-state index in [9.17, 15) is 0 Å². The van der Waals surface area contributed by atoms with Gasteiger partial charge < -0.3 is 17.1 Å². The normalized spacial score (nSPS) is 14.1. The lowest BCUT2D eigenvalue weighted by Gasteiger charge is -2.42. The molecule has 0 fully saturated rings. The smallest absolute Gasteiger partial charge is 0.417 e. The van der Waals surface area contributed by atoms with Crippen molar-refractivity contribution in [2.24, 2.45) is 0 Å². The maximum Gasteiger partial charge on any atom is 0.469 e. The summed E-state index contributed by atoms with van der Waals surface area (Å²) in [5.41, 5.74) is 1.05. The summed E-state index contributed by atoms with van der Waals surface area (Å²) in [6, 6.07) is 0.835. The first-order valence-electron chi connectivity index (χ1n) is 8.86. The van der Waals surface area contributed by atoms with E-state index in [1.54, 1.807) is 0 Å². The molecule has 0 saturated carbocycles. The van der Waals surface area contributed by atoms with Gasteiger partial charge >= 0.3 is 8.80 Å². The average molecular weight is 409 g/mol. The Morgan fingerprint density at radius 2 is 1.12 bits per heavy atom. The topological polar surface area (TPSA) is 36.9 Å². The van der Waals surface area contributed by atoms with Gasteiger partial charge in [-0.1, -0.05) is 12.2 Å². The molecule has 0 bridgehead atoms. The highest BCUT2D eigenvalue weighted by atomic mass is 28.5. The molecule has 0 N–H and O–H groups in total. The van der Waals surface area contributed by atoms with Crippen LogP contribution >= 0.6 is 0 Å². The highest BCUT2D eigenvalue weighted by Crippen LogP contribution is 2.29. The van der Waals surface area contributed by atoms with Gasteiger partial charge in [0.2, 0.25) is 0 Å². The van der Waals surface area contributed by atoms with Crippen molar-refractivity contribution in [2.75, 3.05) is 13.2 Å². The SMILES string of the molecule is C=C(C)COCCC[Si](O[Si](C)(C)C)(O[Si](C)(C)C)O[Si](C)(C)C. The third kappa shape index (κ3) is 13.7. The molecule has 0 spiro atoms. The third-order valence-electron chi connectivity index (χ3n) is 2.51. The first kappa shape index (κ1) is 24.4. The molecule has 0 aromatic rings. The summed E-state index contributed by atoms with van der Waals surface area (Å²) in [7, 11) is -8.03. The molecule has 0 saturated heterocycles. The van der Waals surface area contributed by atoms with Crippen LogP contribution in [0.3, 0.4) is 0 Å². The predicted molar refractivity (Wildman–Crippen MR) is 114 cm³/mol. The Hall–Kier alpha value is 0.448. The van der Waals surface area contributed by atoms with E-state index >= 15 is 0 Å². The molecule has 0 atom stereocenters. The van der Waals surface area contributed by atoms with Gasteiger partial charge in [0.1, 0.15) is 0 Å². The van der Waals surface area contributed by atoms with Gasteiger partial charge in [-0.2, -0.15) is 0 Å². The van der Waals surface area contributed by atoms with Crippen LogP contribution < -0.4 is 0 Å². The Balaban J connectivity index is 5.20. The van der Waals surface area contributed by atoms with Gasteiger partial charge in [-0.15, -0.1) is 0 Å². The quantitative estimate of drug-likeness (QED) is 0.244. The molecule has 4 nitrogen and oxygen atoms in total. The van der Waals surface area contributed by atoms with Crippen LogP contribution in [0, 0.1) is 0 Å². The van der Waals surface area contributed by atoms with E-state index in [0.717, 1.165) is 18.0 Å². The third-order valence-corrected chi connectivity index (χ3v) is 14.6. The molecular weight excluding hydrogens is 369 g/mol. The van der Waals surface area contributed by atoms with Crippen LogP contribution in [-0.2, 0) is 17.1 Å². The van der Waals surface area contributed by atoms with Gasteiger partial charge in [0.25, 0.3) is 0 Å². The molecule has 8 heteroatoms. The van der Waals surface area contributed by atoms with Crippen molar-refractivity contribution in [3.8, 4) is 0 Å². The van der Waals surface area contributed by atoms with Crippen LogP contribution in [0.25, 0.3) is 0 Å².